The van der Waals surface area contributed by atoms with Crippen molar-refractivity contribution in [3.05, 3.63) is 0 Å². The van der Waals surface area contributed by atoms with Crippen LogP contribution >= 0.6 is 0 Å². The van der Waals surface area contributed by atoms with Crippen molar-refractivity contribution in [2.45, 2.75) is 45.8 Å². The molecule has 0 aromatic rings. The third-order valence-electron chi connectivity index (χ3n) is 2.43. The number of ether oxygens (including phenoxy) is 1. The molecule has 0 aliphatic carbocycles. The Bertz CT molecular complexity index is 206. The molecule has 0 radical (unpaired) electrons. The molecular weight excluding hydrogens is 194 g/mol. The number of carboxylic acid groups (broad SMARTS) is 1. The summed E-state index contributed by atoms with van der Waals surface area (Å²) in [5.41, 5.74) is -0.906. The highest BCUT2D eigenvalue weighted by Gasteiger charge is 2.33. The van der Waals surface area contributed by atoms with Crippen molar-refractivity contribution < 1.29 is 14.6 Å². The van der Waals surface area contributed by atoms with E-state index in [-0.39, 0.29) is 6.10 Å². The van der Waals surface area contributed by atoms with Crippen LogP contribution in [0.25, 0.3) is 0 Å². The zero-order valence-electron chi connectivity index (χ0n) is 10.3. The van der Waals surface area contributed by atoms with Crippen molar-refractivity contribution in [3.8, 4) is 0 Å². The molecule has 0 fully saturated rings. The molecule has 90 valence electrons. The minimum Gasteiger partial charge on any atom is -0.480 e. The van der Waals surface area contributed by atoms with Gasteiger partial charge in [-0.15, -0.1) is 0 Å². The highest BCUT2D eigenvalue weighted by Crippen LogP contribution is 2.15. The van der Waals surface area contributed by atoms with Gasteiger partial charge in [0.15, 0.2) is 0 Å². The van der Waals surface area contributed by atoms with Gasteiger partial charge in [0.1, 0.15) is 5.54 Å². The van der Waals surface area contributed by atoms with Crippen LogP contribution in [0.1, 0.15) is 34.1 Å². The Morgan fingerprint density at radius 3 is 2.33 bits per heavy atom. The quantitative estimate of drug-likeness (QED) is 0.678. The first kappa shape index (κ1) is 14.4. The first-order valence-corrected chi connectivity index (χ1v) is 5.35. The number of aliphatic carboxylic acids is 1. The van der Waals surface area contributed by atoms with Crippen molar-refractivity contribution in [1.29, 1.82) is 0 Å². The Morgan fingerprint density at radius 1 is 1.47 bits per heavy atom. The van der Waals surface area contributed by atoms with E-state index < -0.39 is 11.5 Å². The average molecular weight is 217 g/mol. The molecule has 4 nitrogen and oxygen atoms in total. The van der Waals surface area contributed by atoms with Crippen LogP contribution in [-0.4, -0.2) is 36.4 Å². The lowest BCUT2D eigenvalue weighted by Crippen LogP contribution is -2.49. The van der Waals surface area contributed by atoms with Crippen molar-refractivity contribution in [1.82, 2.24) is 5.32 Å². The second-order valence-electron chi connectivity index (χ2n) is 4.63. The number of hydrogen-bond donors (Lipinski definition) is 2. The SMILES string of the molecule is CNC(C)(CC(C)OCC(C)C)C(=O)O. The molecule has 0 heterocycles. The van der Waals surface area contributed by atoms with Gasteiger partial charge in [0.25, 0.3) is 0 Å². The Hall–Kier alpha value is -0.610. The largest absolute Gasteiger partial charge is 0.480 e. The van der Waals surface area contributed by atoms with E-state index in [1.807, 2.05) is 6.92 Å². The lowest BCUT2D eigenvalue weighted by molar-refractivity contribution is -0.145. The smallest absolute Gasteiger partial charge is 0.323 e. The number of hydrogen-bond acceptors (Lipinski definition) is 3. The van der Waals surface area contributed by atoms with Crippen LogP contribution in [0.3, 0.4) is 0 Å². The third kappa shape index (κ3) is 5.14. The summed E-state index contributed by atoms with van der Waals surface area (Å²) in [4.78, 5) is 11.0. The van der Waals surface area contributed by atoms with E-state index in [1.54, 1.807) is 14.0 Å². The lowest BCUT2D eigenvalue weighted by atomic mass is 9.95. The van der Waals surface area contributed by atoms with E-state index >= 15 is 0 Å². The fraction of sp³-hybridized carbons (Fsp3) is 0.909. The first-order valence-electron chi connectivity index (χ1n) is 5.35. The molecule has 0 aliphatic rings. The van der Waals surface area contributed by atoms with E-state index in [0.29, 0.717) is 18.9 Å². The lowest BCUT2D eigenvalue weighted by Gasteiger charge is -2.27. The second-order valence-corrected chi connectivity index (χ2v) is 4.63. The Morgan fingerprint density at radius 2 is 2.00 bits per heavy atom. The highest BCUT2D eigenvalue weighted by molar-refractivity contribution is 5.78. The van der Waals surface area contributed by atoms with E-state index in [9.17, 15) is 4.79 Å². The van der Waals surface area contributed by atoms with Crippen LogP contribution in [0.15, 0.2) is 0 Å². The van der Waals surface area contributed by atoms with E-state index in [4.69, 9.17) is 9.84 Å². The molecule has 4 heteroatoms. The number of carboxylic acids is 1. The molecule has 15 heavy (non-hydrogen) atoms. The monoisotopic (exact) mass is 217 g/mol. The van der Waals surface area contributed by atoms with Gasteiger partial charge in [-0.2, -0.15) is 0 Å². The van der Waals surface area contributed by atoms with Crippen molar-refractivity contribution in [3.63, 3.8) is 0 Å². The molecule has 0 rings (SSSR count). The number of carbonyl (C=O) groups is 1. The summed E-state index contributed by atoms with van der Waals surface area (Å²) >= 11 is 0. The molecule has 0 saturated heterocycles. The molecule has 0 bridgehead atoms. The summed E-state index contributed by atoms with van der Waals surface area (Å²) in [6.07, 6.45) is 0.409. The van der Waals surface area contributed by atoms with Gasteiger partial charge in [-0.25, -0.2) is 0 Å². The first-order chi connectivity index (χ1) is 6.81. The van der Waals surface area contributed by atoms with Gasteiger partial charge in [-0.3, -0.25) is 4.79 Å². The maximum atomic E-state index is 11.0. The molecule has 0 spiro atoms. The van der Waals surface area contributed by atoms with Crippen LogP contribution < -0.4 is 5.32 Å². The van der Waals surface area contributed by atoms with Crippen LogP contribution in [0, 0.1) is 5.92 Å². The topological polar surface area (TPSA) is 58.6 Å². The molecule has 2 atom stereocenters. The molecule has 2 N–H and O–H groups in total. The minimum absolute atomic E-state index is 0.0547. The standard InChI is InChI=1S/C11H23NO3/c1-8(2)7-15-9(3)6-11(4,12-5)10(13)14/h8-9,12H,6-7H2,1-5H3,(H,13,14). The number of nitrogens with one attached hydrogen (secondary N) is 1. The van der Waals surface area contributed by atoms with Gasteiger partial charge in [0.05, 0.1) is 6.10 Å². The molecule has 0 aliphatic heterocycles. The van der Waals surface area contributed by atoms with Crippen LogP contribution in [0.4, 0.5) is 0 Å². The summed E-state index contributed by atoms with van der Waals surface area (Å²) in [5, 5.41) is 11.9. The Kier molecular flexibility index (Phi) is 5.83. The van der Waals surface area contributed by atoms with E-state index in [0.717, 1.165) is 0 Å². The maximum Gasteiger partial charge on any atom is 0.323 e. The molecule has 0 saturated carbocycles. The van der Waals surface area contributed by atoms with Crippen molar-refractivity contribution in [2.24, 2.45) is 5.92 Å². The fourth-order valence-electron chi connectivity index (χ4n) is 1.29. The Balaban J connectivity index is 4.13. The summed E-state index contributed by atoms with van der Waals surface area (Å²) in [6.45, 7) is 8.38. The zero-order valence-corrected chi connectivity index (χ0v) is 10.3. The second kappa shape index (κ2) is 6.08. The van der Waals surface area contributed by atoms with E-state index in [1.165, 1.54) is 0 Å². The number of rotatable bonds is 7. The van der Waals surface area contributed by atoms with Gasteiger partial charge in [0, 0.05) is 13.0 Å². The summed E-state index contributed by atoms with van der Waals surface area (Å²) in [5.74, 6) is -0.372. The van der Waals surface area contributed by atoms with Gasteiger partial charge in [-0.05, 0) is 26.8 Å². The molecule has 0 aromatic heterocycles. The van der Waals surface area contributed by atoms with Crippen LogP contribution in [0.2, 0.25) is 0 Å². The van der Waals surface area contributed by atoms with Gasteiger partial charge in [0.2, 0.25) is 0 Å². The van der Waals surface area contributed by atoms with Crippen molar-refractivity contribution >= 4 is 5.97 Å². The molecule has 2 unspecified atom stereocenters. The van der Waals surface area contributed by atoms with Crippen molar-refractivity contribution in [2.75, 3.05) is 13.7 Å². The fourth-order valence-corrected chi connectivity index (χ4v) is 1.29. The molecule has 0 aromatic carbocycles. The summed E-state index contributed by atoms with van der Waals surface area (Å²) in [7, 11) is 1.66. The van der Waals surface area contributed by atoms with Crippen LogP contribution in [0.5, 0.6) is 0 Å². The average Bonchev–Trinajstić information content (AvgIpc) is 2.14. The predicted octanol–water partition coefficient (Wildman–Crippen LogP) is 1.50. The molecular formula is C11H23NO3. The maximum absolute atomic E-state index is 11.0. The van der Waals surface area contributed by atoms with Gasteiger partial charge < -0.3 is 15.2 Å². The highest BCUT2D eigenvalue weighted by atomic mass is 16.5. The Labute approximate surface area is 92.0 Å². The van der Waals surface area contributed by atoms with Crippen LogP contribution in [-0.2, 0) is 9.53 Å². The van der Waals surface area contributed by atoms with Gasteiger partial charge >= 0.3 is 5.97 Å². The predicted molar refractivity (Wildman–Crippen MR) is 60.0 cm³/mol. The zero-order chi connectivity index (χ0) is 12.1. The number of likely N-dealkylation sites (N-methyl/N-ethyl adjacent to an activating group) is 1. The normalized spacial score (nSPS) is 17.5. The van der Waals surface area contributed by atoms with E-state index in [2.05, 4.69) is 19.2 Å². The van der Waals surface area contributed by atoms with Gasteiger partial charge in [-0.1, -0.05) is 13.8 Å². The molecule has 0 amide bonds. The minimum atomic E-state index is -0.906. The third-order valence-corrected chi connectivity index (χ3v) is 2.43. The summed E-state index contributed by atoms with van der Waals surface area (Å²) in [6, 6.07) is 0. The summed E-state index contributed by atoms with van der Waals surface area (Å²) < 4.78 is 5.55.